The van der Waals surface area contributed by atoms with Gasteiger partial charge in [0.25, 0.3) is 5.91 Å². The molecule has 0 radical (unpaired) electrons. The van der Waals surface area contributed by atoms with E-state index in [0.717, 1.165) is 5.56 Å². The van der Waals surface area contributed by atoms with Crippen LogP contribution in [-0.4, -0.2) is 18.1 Å². The molecule has 4 nitrogen and oxygen atoms in total. The van der Waals surface area contributed by atoms with Crippen molar-refractivity contribution in [3.05, 3.63) is 58.6 Å². The minimum Gasteiger partial charge on any atom is -0.496 e. The van der Waals surface area contributed by atoms with Crippen LogP contribution in [0, 0.1) is 0 Å². The third-order valence-electron chi connectivity index (χ3n) is 2.80. The summed E-state index contributed by atoms with van der Waals surface area (Å²) in [5, 5.41) is 12.2. The van der Waals surface area contributed by atoms with Crippen molar-refractivity contribution < 1.29 is 14.6 Å². The van der Waals surface area contributed by atoms with Crippen molar-refractivity contribution in [2.45, 2.75) is 6.61 Å². The number of aliphatic hydroxyl groups excluding tert-OH is 1. The zero-order chi connectivity index (χ0) is 14.5. The van der Waals surface area contributed by atoms with Gasteiger partial charge in [-0.2, -0.15) is 0 Å². The first-order valence-electron chi connectivity index (χ1n) is 5.98. The first-order chi connectivity index (χ1) is 9.63. The second-order valence-electron chi connectivity index (χ2n) is 4.15. The van der Waals surface area contributed by atoms with Crippen LogP contribution in [0.3, 0.4) is 0 Å². The predicted octanol–water partition coefficient (Wildman–Crippen LogP) is 3.09. The minimum atomic E-state index is -0.305. The quantitative estimate of drug-likeness (QED) is 0.910. The standard InChI is InChI=1S/C15H14ClNO3/c1-20-14-7-4-11(16)8-13(14)15(19)17-12-5-2-10(9-18)3-6-12/h2-8,18H,9H2,1H3,(H,17,19). The van der Waals surface area contributed by atoms with Gasteiger partial charge in [0.05, 0.1) is 19.3 Å². The van der Waals surface area contributed by atoms with Crippen molar-refractivity contribution in [1.82, 2.24) is 0 Å². The van der Waals surface area contributed by atoms with E-state index in [1.165, 1.54) is 7.11 Å². The maximum atomic E-state index is 12.2. The topological polar surface area (TPSA) is 58.6 Å². The summed E-state index contributed by atoms with van der Waals surface area (Å²) in [5.41, 5.74) is 1.78. The molecule has 0 aliphatic rings. The molecule has 0 saturated heterocycles. The molecule has 1 amide bonds. The summed E-state index contributed by atoms with van der Waals surface area (Å²) in [6, 6.07) is 11.8. The zero-order valence-electron chi connectivity index (χ0n) is 10.9. The molecular weight excluding hydrogens is 278 g/mol. The number of amides is 1. The number of ether oxygens (including phenoxy) is 1. The number of aliphatic hydroxyl groups is 1. The van der Waals surface area contributed by atoms with Crippen molar-refractivity contribution in [3.63, 3.8) is 0 Å². The summed E-state index contributed by atoms with van der Waals surface area (Å²) in [6.45, 7) is -0.0314. The average Bonchev–Trinajstić information content (AvgIpc) is 2.48. The van der Waals surface area contributed by atoms with Crippen LogP contribution < -0.4 is 10.1 Å². The molecule has 2 aromatic rings. The zero-order valence-corrected chi connectivity index (χ0v) is 11.6. The fourth-order valence-corrected chi connectivity index (χ4v) is 1.92. The van der Waals surface area contributed by atoms with E-state index in [1.807, 2.05) is 0 Å². The molecule has 0 bridgehead atoms. The molecule has 2 aromatic carbocycles. The lowest BCUT2D eigenvalue weighted by Gasteiger charge is -2.10. The van der Waals surface area contributed by atoms with Crippen LogP contribution in [-0.2, 0) is 6.61 Å². The number of benzene rings is 2. The highest BCUT2D eigenvalue weighted by Crippen LogP contribution is 2.23. The molecule has 2 rings (SSSR count). The molecule has 104 valence electrons. The largest absolute Gasteiger partial charge is 0.496 e. The minimum absolute atomic E-state index is 0.0314. The molecule has 0 heterocycles. The Morgan fingerprint density at radius 1 is 1.25 bits per heavy atom. The van der Waals surface area contributed by atoms with Gasteiger partial charge in [0.15, 0.2) is 0 Å². The van der Waals surface area contributed by atoms with Gasteiger partial charge < -0.3 is 15.2 Å². The smallest absolute Gasteiger partial charge is 0.259 e. The number of nitrogens with one attached hydrogen (secondary N) is 1. The molecule has 0 aliphatic carbocycles. The number of carbonyl (C=O) groups excluding carboxylic acids is 1. The van der Waals surface area contributed by atoms with E-state index >= 15 is 0 Å². The third-order valence-corrected chi connectivity index (χ3v) is 3.04. The molecule has 2 N–H and O–H groups in total. The molecule has 0 unspecified atom stereocenters. The summed E-state index contributed by atoms with van der Waals surface area (Å²) in [5.74, 6) is 0.153. The molecule has 0 fully saturated rings. The Morgan fingerprint density at radius 3 is 2.55 bits per heavy atom. The highest BCUT2D eigenvalue weighted by Gasteiger charge is 2.13. The van der Waals surface area contributed by atoms with E-state index in [4.69, 9.17) is 21.4 Å². The number of halogens is 1. The molecule has 5 heteroatoms. The summed E-state index contributed by atoms with van der Waals surface area (Å²) >= 11 is 5.90. The van der Waals surface area contributed by atoms with E-state index in [9.17, 15) is 4.79 Å². The van der Waals surface area contributed by atoms with Crippen LogP contribution in [0.25, 0.3) is 0 Å². The van der Waals surface area contributed by atoms with Crippen molar-refractivity contribution in [2.24, 2.45) is 0 Å². The summed E-state index contributed by atoms with van der Waals surface area (Å²) in [7, 11) is 1.50. The number of hydrogen-bond donors (Lipinski definition) is 2. The molecule has 0 atom stereocenters. The van der Waals surface area contributed by atoms with Gasteiger partial charge in [-0.1, -0.05) is 23.7 Å². The number of methoxy groups -OCH3 is 1. The van der Waals surface area contributed by atoms with Crippen molar-refractivity contribution >= 4 is 23.2 Å². The monoisotopic (exact) mass is 291 g/mol. The van der Waals surface area contributed by atoms with Crippen LogP contribution in [0.4, 0.5) is 5.69 Å². The molecule has 0 saturated carbocycles. The first kappa shape index (κ1) is 14.4. The van der Waals surface area contributed by atoms with Crippen molar-refractivity contribution in [3.8, 4) is 5.75 Å². The van der Waals surface area contributed by atoms with E-state index < -0.39 is 0 Å². The number of anilines is 1. The SMILES string of the molecule is COc1ccc(Cl)cc1C(=O)Nc1ccc(CO)cc1. The number of rotatable bonds is 4. The van der Waals surface area contributed by atoms with Gasteiger partial charge in [0, 0.05) is 10.7 Å². The highest BCUT2D eigenvalue weighted by molar-refractivity contribution is 6.31. The van der Waals surface area contributed by atoms with E-state index in [1.54, 1.807) is 42.5 Å². The van der Waals surface area contributed by atoms with E-state index in [0.29, 0.717) is 22.0 Å². The van der Waals surface area contributed by atoms with Gasteiger partial charge in [0.1, 0.15) is 5.75 Å². The van der Waals surface area contributed by atoms with E-state index in [-0.39, 0.29) is 12.5 Å². The normalized spacial score (nSPS) is 10.2. The maximum Gasteiger partial charge on any atom is 0.259 e. The van der Waals surface area contributed by atoms with Crippen LogP contribution >= 0.6 is 11.6 Å². The van der Waals surface area contributed by atoms with Crippen molar-refractivity contribution in [2.75, 3.05) is 12.4 Å². The summed E-state index contributed by atoms with van der Waals surface area (Å²) in [6.07, 6.45) is 0. The van der Waals surface area contributed by atoms with Gasteiger partial charge >= 0.3 is 0 Å². The van der Waals surface area contributed by atoms with Gasteiger partial charge in [0.2, 0.25) is 0 Å². The third kappa shape index (κ3) is 3.29. The van der Waals surface area contributed by atoms with Crippen LogP contribution in [0.2, 0.25) is 5.02 Å². The first-order valence-corrected chi connectivity index (χ1v) is 6.36. The molecule has 20 heavy (non-hydrogen) atoms. The molecule has 0 spiro atoms. The lowest BCUT2D eigenvalue weighted by Crippen LogP contribution is -2.13. The Labute approximate surface area is 122 Å². The fourth-order valence-electron chi connectivity index (χ4n) is 1.75. The van der Waals surface area contributed by atoms with Crippen LogP contribution in [0.1, 0.15) is 15.9 Å². The number of carbonyl (C=O) groups is 1. The predicted molar refractivity (Wildman–Crippen MR) is 78.3 cm³/mol. The summed E-state index contributed by atoms with van der Waals surface area (Å²) in [4.78, 5) is 12.2. The second-order valence-corrected chi connectivity index (χ2v) is 4.59. The van der Waals surface area contributed by atoms with E-state index in [2.05, 4.69) is 5.32 Å². The lowest BCUT2D eigenvalue weighted by atomic mass is 10.1. The van der Waals surface area contributed by atoms with Gasteiger partial charge in [-0.3, -0.25) is 4.79 Å². The molecule has 0 aliphatic heterocycles. The Kier molecular flexibility index (Phi) is 4.61. The average molecular weight is 292 g/mol. The fraction of sp³-hybridized carbons (Fsp3) is 0.133. The Bertz CT molecular complexity index is 611. The maximum absolute atomic E-state index is 12.2. The van der Waals surface area contributed by atoms with Crippen LogP contribution in [0.5, 0.6) is 5.75 Å². The Hall–Kier alpha value is -2.04. The second kappa shape index (κ2) is 6.41. The Morgan fingerprint density at radius 2 is 1.95 bits per heavy atom. The van der Waals surface area contributed by atoms with Gasteiger partial charge in [-0.05, 0) is 35.9 Å². The van der Waals surface area contributed by atoms with Gasteiger partial charge in [-0.25, -0.2) is 0 Å². The lowest BCUT2D eigenvalue weighted by molar-refractivity contribution is 0.102. The van der Waals surface area contributed by atoms with Gasteiger partial charge in [-0.15, -0.1) is 0 Å². The number of hydrogen-bond acceptors (Lipinski definition) is 3. The molecule has 0 aromatic heterocycles. The highest BCUT2D eigenvalue weighted by atomic mass is 35.5. The molecular formula is C15H14ClNO3. The van der Waals surface area contributed by atoms with Crippen LogP contribution in [0.15, 0.2) is 42.5 Å². The summed E-state index contributed by atoms with van der Waals surface area (Å²) < 4.78 is 5.14. The Balaban J connectivity index is 2.20. The van der Waals surface area contributed by atoms with Crippen molar-refractivity contribution in [1.29, 1.82) is 0 Å².